The molecule has 2 amide bonds. The monoisotopic (exact) mass is 510 g/mol. The van der Waals surface area contributed by atoms with Gasteiger partial charge in [0.15, 0.2) is 6.61 Å². The van der Waals surface area contributed by atoms with Gasteiger partial charge in [-0.05, 0) is 26.0 Å². The molecule has 190 valence electrons. The fourth-order valence-corrected chi connectivity index (χ4v) is 3.93. The highest BCUT2D eigenvalue weighted by Crippen LogP contribution is 2.42. The van der Waals surface area contributed by atoms with E-state index in [1.54, 1.807) is 30.3 Å². The van der Waals surface area contributed by atoms with Crippen LogP contribution in [0.2, 0.25) is 0 Å². The number of allylic oxidation sites excluding steroid dienone is 1. The number of carbonyl (C=O) groups is 5. The third-order valence-electron chi connectivity index (χ3n) is 5.35. The first-order valence-electron chi connectivity index (χ1n) is 10.2. The molecule has 0 bridgehead atoms. The highest BCUT2D eigenvalue weighted by molar-refractivity contribution is 7.78. The van der Waals surface area contributed by atoms with E-state index in [9.17, 15) is 34.2 Å². The molecule has 0 aromatic heterocycles. The number of rotatable bonds is 12. The van der Waals surface area contributed by atoms with Gasteiger partial charge in [0.2, 0.25) is 11.3 Å². The summed E-state index contributed by atoms with van der Waals surface area (Å²) in [4.78, 5) is 65.4. The number of hydrogen-bond acceptors (Lipinski definition) is 10. The molecular weight excluding hydrogens is 484 g/mol. The Morgan fingerprint density at radius 1 is 1.11 bits per heavy atom. The predicted molar refractivity (Wildman–Crippen MR) is 123 cm³/mol. The summed E-state index contributed by atoms with van der Waals surface area (Å²) in [7, 11) is 1.05. The number of carbonyl (C=O) groups excluding carboxylic acids is 3. The number of β-lactam (4-membered cyclic amide) rings is 1. The minimum absolute atomic E-state index is 0.228. The zero-order valence-electron chi connectivity index (χ0n) is 19.1. The van der Waals surface area contributed by atoms with E-state index in [2.05, 4.69) is 33.1 Å². The van der Waals surface area contributed by atoms with Crippen LogP contribution in [0.5, 0.6) is 5.75 Å². The molecule has 0 aliphatic carbocycles. The van der Waals surface area contributed by atoms with Crippen LogP contribution in [0.4, 0.5) is 0 Å². The van der Waals surface area contributed by atoms with E-state index in [0.29, 0.717) is 5.75 Å². The number of para-hydroxylation sites is 1. The van der Waals surface area contributed by atoms with Gasteiger partial charge >= 0.3 is 17.9 Å². The van der Waals surface area contributed by atoms with E-state index in [1.807, 2.05) is 0 Å². The quantitative estimate of drug-likeness (QED) is 0.0689. The average molecular weight is 511 g/mol. The lowest BCUT2D eigenvalue weighted by atomic mass is 9.67. The molecule has 1 fully saturated rings. The largest absolute Gasteiger partial charge is 0.484 e. The standard InChI is InChI=1S/C21H26N4O9S/c1-11(2)16(23-24-35)21(19(29)30,20(31)32)17-15(18(28)25(17)9-14(27)33-3)22-13(26)10-34-12-7-5-4-6-8-12/h4-8,15,17,23-24,35H,9-10H2,1-3H3,(H,22,26)(H,29,30)(H,31,32)/t15-,17-/m0/s1. The molecule has 14 heteroatoms. The van der Waals surface area contributed by atoms with E-state index in [4.69, 9.17) is 4.74 Å². The molecule has 1 aliphatic rings. The molecule has 1 saturated heterocycles. The Hall–Kier alpha value is -3.78. The topological polar surface area (TPSA) is 184 Å². The fourth-order valence-electron chi connectivity index (χ4n) is 3.81. The molecule has 5 N–H and O–H groups in total. The van der Waals surface area contributed by atoms with E-state index in [-0.39, 0.29) is 11.3 Å². The van der Waals surface area contributed by atoms with Crippen LogP contribution in [0.3, 0.4) is 0 Å². The number of aliphatic carboxylic acids is 2. The molecule has 2 rings (SSSR count). The summed E-state index contributed by atoms with van der Waals surface area (Å²) >= 11 is 3.77. The molecule has 2 atom stereocenters. The van der Waals surface area contributed by atoms with E-state index < -0.39 is 60.4 Å². The van der Waals surface area contributed by atoms with Crippen molar-refractivity contribution in [3.05, 3.63) is 41.6 Å². The van der Waals surface area contributed by atoms with Crippen LogP contribution < -0.4 is 20.3 Å². The van der Waals surface area contributed by atoms with Crippen molar-refractivity contribution in [3.63, 3.8) is 0 Å². The van der Waals surface area contributed by atoms with Crippen LogP contribution in [0.25, 0.3) is 0 Å². The van der Waals surface area contributed by atoms with Crippen LogP contribution in [0, 0.1) is 5.41 Å². The third-order valence-corrected chi connectivity index (χ3v) is 5.46. The molecule has 1 aliphatic heterocycles. The van der Waals surface area contributed by atoms with Gasteiger partial charge < -0.3 is 35.3 Å². The molecule has 0 saturated carbocycles. The van der Waals surface area contributed by atoms with Crippen LogP contribution in [-0.2, 0) is 28.7 Å². The minimum atomic E-state index is -2.82. The molecule has 0 unspecified atom stereocenters. The number of hydrazine groups is 1. The zero-order chi connectivity index (χ0) is 26.3. The number of benzene rings is 1. The summed E-state index contributed by atoms with van der Waals surface area (Å²) in [5.41, 5.74) is -0.546. The Morgan fingerprint density at radius 2 is 1.71 bits per heavy atom. The molecular formula is C21H26N4O9S. The first-order valence-corrected chi connectivity index (χ1v) is 10.6. The van der Waals surface area contributed by atoms with Crippen molar-refractivity contribution < 1.29 is 43.7 Å². The van der Waals surface area contributed by atoms with E-state index in [1.165, 1.54) is 13.8 Å². The van der Waals surface area contributed by atoms with Crippen molar-refractivity contribution in [3.8, 4) is 5.75 Å². The van der Waals surface area contributed by atoms with E-state index >= 15 is 0 Å². The SMILES string of the molecule is COC(=O)CN1C(=O)[C@@H](NC(=O)COc2ccccc2)[C@H]1C(C(=O)O)(C(=O)O)C(NNS)=C(C)C. The Balaban J connectivity index is 2.49. The van der Waals surface area contributed by atoms with Gasteiger partial charge in [-0.1, -0.05) is 36.6 Å². The van der Waals surface area contributed by atoms with Crippen molar-refractivity contribution in [1.29, 1.82) is 0 Å². The van der Waals surface area contributed by atoms with Crippen molar-refractivity contribution in [1.82, 2.24) is 20.5 Å². The van der Waals surface area contributed by atoms with Gasteiger partial charge in [-0.2, -0.15) is 4.83 Å². The van der Waals surface area contributed by atoms with Gasteiger partial charge in [0.25, 0.3) is 5.91 Å². The van der Waals surface area contributed by atoms with Gasteiger partial charge in [-0.15, -0.1) is 0 Å². The van der Waals surface area contributed by atoms with Crippen molar-refractivity contribution in [2.24, 2.45) is 5.41 Å². The van der Waals surface area contributed by atoms with Gasteiger partial charge in [-0.25, -0.2) is 0 Å². The first kappa shape index (κ1) is 27.5. The number of amides is 2. The van der Waals surface area contributed by atoms with Crippen molar-refractivity contribution in [2.45, 2.75) is 25.9 Å². The first-order chi connectivity index (χ1) is 16.5. The van der Waals surface area contributed by atoms with Gasteiger partial charge in [-0.3, -0.25) is 24.0 Å². The number of likely N-dealkylation sites (tertiary alicyclic amines) is 1. The number of nitrogens with one attached hydrogen (secondary N) is 3. The second-order valence-electron chi connectivity index (χ2n) is 7.66. The Labute approximate surface area is 206 Å². The second kappa shape index (κ2) is 11.6. The molecule has 1 heterocycles. The summed E-state index contributed by atoms with van der Waals surface area (Å²) in [6.45, 7) is 1.62. The van der Waals surface area contributed by atoms with Crippen LogP contribution in [0.1, 0.15) is 13.8 Å². The number of ether oxygens (including phenoxy) is 2. The molecule has 13 nitrogen and oxygen atoms in total. The van der Waals surface area contributed by atoms with Gasteiger partial charge in [0, 0.05) is 0 Å². The highest BCUT2D eigenvalue weighted by atomic mass is 32.1. The lowest BCUT2D eigenvalue weighted by molar-refractivity contribution is -0.183. The predicted octanol–water partition coefficient (Wildman–Crippen LogP) is -0.677. The smallest absolute Gasteiger partial charge is 0.329 e. The molecule has 35 heavy (non-hydrogen) atoms. The zero-order valence-corrected chi connectivity index (χ0v) is 20.0. The molecule has 1 aromatic carbocycles. The normalized spacial score (nSPS) is 17.0. The third kappa shape index (κ3) is 5.49. The summed E-state index contributed by atoms with van der Waals surface area (Å²) < 4.78 is 9.89. The Bertz CT molecular complexity index is 1010. The van der Waals surface area contributed by atoms with E-state index in [0.717, 1.165) is 12.0 Å². The number of carboxylic acids is 2. The van der Waals surface area contributed by atoms with Crippen LogP contribution >= 0.6 is 12.8 Å². The summed E-state index contributed by atoms with van der Waals surface area (Å²) in [6.07, 6.45) is 0. The maximum Gasteiger partial charge on any atom is 0.329 e. The summed E-state index contributed by atoms with van der Waals surface area (Å²) in [5, 5.41) is 22.7. The number of nitrogens with zero attached hydrogens (tertiary/aromatic N) is 1. The lowest BCUT2D eigenvalue weighted by Crippen LogP contribution is -2.79. The Kier molecular flexibility index (Phi) is 9.08. The van der Waals surface area contributed by atoms with Crippen molar-refractivity contribution in [2.75, 3.05) is 20.3 Å². The van der Waals surface area contributed by atoms with Crippen molar-refractivity contribution >= 4 is 42.5 Å². The average Bonchev–Trinajstić information content (AvgIpc) is 2.82. The molecule has 1 aromatic rings. The number of carboxylic acid groups (broad SMARTS) is 2. The highest BCUT2D eigenvalue weighted by Gasteiger charge is 2.68. The summed E-state index contributed by atoms with van der Waals surface area (Å²) in [6, 6.07) is 4.98. The summed E-state index contributed by atoms with van der Waals surface area (Å²) in [5.74, 6) is -5.91. The van der Waals surface area contributed by atoms with Gasteiger partial charge in [0.1, 0.15) is 18.3 Å². The number of thiol groups is 1. The Morgan fingerprint density at radius 3 is 2.20 bits per heavy atom. The number of hydrogen-bond donors (Lipinski definition) is 6. The second-order valence-corrected chi connectivity index (χ2v) is 7.89. The van der Waals surface area contributed by atoms with Crippen LogP contribution in [0.15, 0.2) is 41.6 Å². The molecule has 0 radical (unpaired) electrons. The van der Waals surface area contributed by atoms with Gasteiger partial charge in [0.05, 0.1) is 18.8 Å². The van der Waals surface area contributed by atoms with Crippen LogP contribution in [-0.4, -0.2) is 77.2 Å². The number of esters is 1. The molecule has 0 spiro atoms. The lowest BCUT2D eigenvalue weighted by Gasteiger charge is -2.52. The fraction of sp³-hybridized carbons (Fsp3) is 0.381. The minimum Gasteiger partial charge on any atom is -0.484 e. The number of methoxy groups -OCH3 is 1. The maximum atomic E-state index is 12.9. The maximum absolute atomic E-state index is 12.9.